The molecule has 118 valence electrons. The lowest BCUT2D eigenvalue weighted by molar-refractivity contribution is 0.482. The van der Waals surface area contributed by atoms with E-state index in [2.05, 4.69) is 9.82 Å². The molecule has 1 aliphatic heterocycles. The highest BCUT2D eigenvalue weighted by atomic mass is 32.2. The molecule has 0 amide bonds. The molecular weight excluding hydrogens is 300 g/mol. The Bertz CT molecular complexity index is 777. The summed E-state index contributed by atoms with van der Waals surface area (Å²) in [7, 11) is -3.51. The summed E-state index contributed by atoms with van der Waals surface area (Å²) in [5.41, 5.74) is 3.14. The number of aryl methyl sites for hydroxylation is 2. The van der Waals surface area contributed by atoms with E-state index in [-0.39, 0.29) is 0 Å². The number of para-hydroxylation sites is 2. The van der Waals surface area contributed by atoms with Crippen LogP contribution in [0.2, 0.25) is 0 Å². The standard InChI is InChI=1S/C15H20N4O2S/c1-12-11-13(2)19(16-12)15-8-4-3-7-14(15)17-22(20,21)18-9-5-6-10-18/h3-4,7-8,11,17H,5-6,9-10H2,1-2H3. The van der Waals surface area contributed by atoms with Gasteiger partial charge in [0.05, 0.1) is 17.1 Å². The van der Waals surface area contributed by atoms with Crippen LogP contribution < -0.4 is 4.72 Å². The van der Waals surface area contributed by atoms with Crippen molar-refractivity contribution in [3.63, 3.8) is 0 Å². The molecule has 0 saturated carbocycles. The Morgan fingerprint density at radius 3 is 2.45 bits per heavy atom. The van der Waals surface area contributed by atoms with Crippen molar-refractivity contribution in [3.05, 3.63) is 41.7 Å². The van der Waals surface area contributed by atoms with Gasteiger partial charge in [0.1, 0.15) is 0 Å². The highest BCUT2D eigenvalue weighted by Gasteiger charge is 2.26. The third-order valence-corrected chi connectivity index (χ3v) is 5.31. The van der Waals surface area contributed by atoms with Crippen LogP contribution in [0, 0.1) is 13.8 Å². The van der Waals surface area contributed by atoms with Crippen LogP contribution in [0.25, 0.3) is 5.69 Å². The third kappa shape index (κ3) is 2.86. The summed E-state index contributed by atoms with van der Waals surface area (Å²) in [6.07, 6.45) is 1.83. The second-order valence-corrected chi connectivity index (χ2v) is 7.24. The van der Waals surface area contributed by atoms with E-state index in [4.69, 9.17) is 0 Å². The van der Waals surface area contributed by atoms with Crippen LogP contribution in [0.1, 0.15) is 24.2 Å². The molecule has 1 aromatic heterocycles. The Hall–Kier alpha value is -1.86. The predicted octanol–water partition coefficient (Wildman–Crippen LogP) is 2.24. The molecule has 1 N–H and O–H groups in total. The first-order chi connectivity index (χ1) is 10.5. The van der Waals surface area contributed by atoms with Crippen molar-refractivity contribution < 1.29 is 8.42 Å². The Labute approximate surface area is 130 Å². The minimum atomic E-state index is -3.51. The number of benzene rings is 1. The molecular formula is C15H20N4O2S. The van der Waals surface area contributed by atoms with Crippen LogP contribution in [-0.2, 0) is 10.2 Å². The fourth-order valence-electron chi connectivity index (χ4n) is 2.75. The first kappa shape index (κ1) is 15.1. The van der Waals surface area contributed by atoms with Crippen LogP contribution in [0.5, 0.6) is 0 Å². The summed E-state index contributed by atoms with van der Waals surface area (Å²) in [4.78, 5) is 0. The van der Waals surface area contributed by atoms with Crippen molar-refractivity contribution in [2.45, 2.75) is 26.7 Å². The first-order valence-corrected chi connectivity index (χ1v) is 8.82. The number of nitrogens with one attached hydrogen (secondary N) is 1. The van der Waals surface area contributed by atoms with Crippen molar-refractivity contribution in [1.29, 1.82) is 0 Å². The van der Waals surface area contributed by atoms with Crippen molar-refractivity contribution in [2.75, 3.05) is 17.8 Å². The second-order valence-electron chi connectivity index (χ2n) is 5.57. The van der Waals surface area contributed by atoms with Gasteiger partial charge in [0.15, 0.2) is 0 Å². The van der Waals surface area contributed by atoms with E-state index < -0.39 is 10.2 Å². The summed E-state index contributed by atoms with van der Waals surface area (Å²) in [6.45, 7) is 5.03. The molecule has 1 saturated heterocycles. The normalized spacial score (nSPS) is 16.1. The predicted molar refractivity (Wildman–Crippen MR) is 86.4 cm³/mol. The average Bonchev–Trinajstić information content (AvgIpc) is 3.09. The minimum absolute atomic E-state index is 0.542. The Balaban J connectivity index is 1.97. The molecule has 6 nitrogen and oxygen atoms in total. The maximum absolute atomic E-state index is 12.5. The molecule has 0 unspecified atom stereocenters. The van der Waals surface area contributed by atoms with Gasteiger partial charge in [-0.1, -0.05) is 12.1 Å². The van der Waals surface area contributed by atoms with Gasteiger partial charge in [-0.25, -0.2) is 4.68 Å². The smallest absolute Gasteiger partial charge is 0.269 e. The van der Waals surface area contributed by atoms with Gasteiger partial charge in [-0.2, -0.15) is 17.8 Å². The molecule has 1 fully saturated rings. The van der Waals surface area contributed by atoms with Crippen LogP contribution >= 0.6 is 0 Å². The van der Waals surface area contributed by atoms with Gasteiger partial charge in [0.2, 0.25) is 0 Å². The average molecular weight is 320 g/mol. The van der Waals surface area contributed by atoms with Crippen molar-refractivity contribution in [2.24, 2.45) is 0 Å². The van der Waals surface area contributed by atoms with Crippen molar-refractivity contribution in [3.8, 4) is 5.69 Å². The summed E-state index contributed by atoms with van der Waals surface area (Å²) < 4.78 is 30.9. The Morgan fingerprint density at radius 1 is 1.14 bits per heavy atom. The molecule has 0 spiro atoms. The maximum atomic E-state index is 12.5. The van der Waals surface area contributed by atoms with Gasteiger partial charge < -0.3 is 0 Å². The van der Waals surface area contributed by atoms with Gasteiger partial charge in [0, 0.05) is 18.8 Å². The molecule has 0 radical (unpaired) electrons. The molecule has 0 atom stereocenters. The number of anilines is 1. The van der Waals surface area contributed by atoms with E-state index in [9.17, 15) is 8.42 Å². The van der Waals surface area contributed by atoms with Gasteiger partial charge in [-0.05, 0) is 44.9 Å². The zero-order valence-electron chi connectivity index (χ0n) is 12.8. The Kier molecular flexibility index (Phi) is 3.92. The molecule has 3 rings (SSSR count). The molecule has 2 aromatic rings. The third-order valence-electron chi connectivity index (χ3n) is 3.79. The molecule has 1 aromatic carbocycles. The zero-order chi connectivity index (χ0) is 15.7. The van der Waals surface area contributed by atoms with Crippen LogP contribution in [-0.4, -0.2) is 35.6 Å². The second kappa shape index (κ2) is 5.73. The number of aromatic nitrogens is 2. The van der Waals surface area contributed by atoms with Gasteiger partial charge >= 0.3 is 10.2 Å². The van der Waals surface area contributed by atoms with Crippen LogP contribution in [0.4, 0.5) is 5.69 Å². The van der Waals surface area contributed by atoms with Crippen LogP contribution in [0.15, 0.2) is 30.3 Å². The van der Waals surface area contributed by atoms with Crippen LogP contribution in [0.3, 0.4) is 0 Å². The maximum Gasteiger partial charge on any atom is 0.301 e. The molecule has 22 heavy (non-hydrogen) atoms. The molecule has 0 aliphatic carbocycles. The lowest BCUT2D eigenvalue weighted by Gasteiger charge is -2.19. The van der Waals surface area contributed by atoms with E-state index in [1.165, 1.54) is 4.31 Å². The molecule has 2 heterocycles. The van der Waals surface area contributed by atoms with Gasteiger partial charge in [0.25, 0.3) is 0 Å². The lowest BCUT2D eigenvalue weighted by atomic mass is 10.2. The van der Waals surface area contributed by atoms with Crippen molar-refractivity contribution >= 4 is 15.9 Å². The lowest BCUT2D eigenvalue weighted by Crippen LogP contribution is -2.33. The SMILES string of the molecule is Cc1cc(C)n(-c2ccccc2NS(=O)(=O)N2CCCC2)n1. The van der Waals surface area contributed by atoms with Crippen molar-refractivity contribution in [1.82, 2.24) is 14.1 Å². The largest absolute Gasteiger partial charge is 0.301 e. The monoisotopic (exact) mass is 320 g/mol. The molecule has 7 heteroatoms. The summed E-state index contributed by atoms with van der Waals surface area (Å²) in [5.74, 6) is 0. The Morgan fingerprint density at radius 2 is 1.82 bits per heavy atom. The fraction of sp³-hybridized carbons (Fsp3) is 0.400. The summed E-state index contributed by atoms with van der Waals surface area (Å²) in [6, 6.07) is 9.28. The number of hydrogen-bond acceptors (Lipinski definition) is 3. The summed E-state index contributed by atoms with van der Waals surface area (Å²) >= 11 is 0. The zero-order valence-corrected chi connectivity index (χ0v) is 13.6. The topological polar surface area (TPSA) is 67.2 Å². The van der Waals surface area contributed by atoms with E-state index >= 15 is 0 Å². The molecule has 0 bridgehead atoms. The number of rotatable bonds is 4. The van der Waals surface area contributed by atoms with E-state index in [0.29, 0.717) is 18.8 Å². The number of hydrogen-bond donors (Lipinski definition) is 1. The van der Waals surface area contributed by atoms with Gasteiger partial charge in [-0.15, -0.1) is 0 Å². The van der Waals surface area contributed by atoms with E-state index in [1.807, 2.05) is 38.1 Å². The van der Waals surface area contributed by atoms with Gasteiger partial charge in [-0.3, -0.25) is 4.72 Å². The highest BCUT2D eigenvalue weighted by Crippen LogP contribution is 2.24. The van der Waals surface area contributed by atoms with E-state index in [1.54, 1.807) is 10.7 Å². The minimum Gasteiger partial charge on any atom is -0.269 e. The van der Waals surface area contributed by atoms with E-state index in [0.717, 1.165) is 29.9 Å². The fourth-order valence-corrected chi connectivity index (χ4v) is 4.07. The first-order valence-electron chi connectivity index (χ1n) is 7.38. The highest BCUT2D eigenvalue weighted by molar-refractivity contribution is 7.90. The molecule has 1 aliphatic rings. The quantitative estimate of drug-likeness (QED) is 0.939. The number of nitrogens with zero attached hydrogens (tertiary/aromatic N) is 3. The summed E-state index contributed by atoms with van der Waals surface area (Å²) in [5, 5.41) is 4.44.